The molecule has 1 N–H and O–H groups in total. The minimum absolute atomic E-state index is 0. The highest BCUT2D eigenvalue weighted by Crippen LogP contribution is 2.63. The summed E-state index contributed by atoms with van der Waals surface area (Å²) in [5.41, 5.74) is 9.19. The van der Waals surface area contributed by atoms with Crippen molar-refractivity contribution in [3.63, 3.8) is 0 Å². The van der Waals surface area contributed by atoms with Gasteiger partial charge in [0, 0.05) is 23.2 Å². The van der Waals surface area contributed by atoms with E-state index in [1.807, 2.05) is 6.92 Å². The van der Waals surface area contributed by atoms with Crippen molar-refractivity contribution in [3.05, 3.63) is 93.1 Å². The highest BCUT2D eigenvalue weighted by molar-refractivity contribution is 5.98. The van der Waals surface area contributed by atoms with Gasteiger partial charge < -0.3 is 14.6 Å². The van der Waals surface area contributed by atoms with Crippen LogP contribution < -0.4 is 9.47 Å². The molecule has 2 fully saturated rings. The molecule has 0 radical (unpaired) electrons. The van der Waals surface area contributed by atoms with E-state index in [9.17, 15) is 9.90 Å². The van der Waals surface area contributed by atoms with Gasteiger partial charge in [0.15, 0.2) is 11.9 Å². The minimum atomic E-state index is -1.02. The summed E-state index contributed by atoms with van der Waals surface area (Å²) in [4.78, 5) is 17.3. The van der Waals surface area contributed by atoms with E-state index in [4.69, 9.17) is 9.47 Å². The van der Waals surface area contributed by atoms with Crippen molar-refractivity contribution in [3.8, 4) is 11.5 Å². The van der Waals surface area contributed by atoms with Gasteiger partial charge in [0.05, 0.1) is 10.8 Å². The molecule has 0 amide bonds. The lowest BCUT2D eigenvalue weighted by molar-refractivity contribution is -0.151. The van der Waals surface area contributed by atoms with E-state index in [0.717, 1.165) is 42.7 Å². The van der Waals surface area contributed by atoms with Crippen molar-refractivity contribution < 1.29 is 19.4 Å². The lowest BCUT2D eigenvalue weighted by Gasteiger charge is -2.60. The molecule has 0 saturated carbocycles. The topological polar surface area (TPSA) is 62.2 Å². The number of allylic oxidation sites excluding steroid dienone is 2. The van der Waals surface area contributed by atoms with Gasteiger partial charge in [-0.1, -0.05) is 43.8 Å². The number of likely N-dealkylation sites (tertiary alicyclic amines) is 2. The van der Waals surface area contributed by atoms with Crippen molar-refractivity contribution >= 4 is 5.78 Å². The number of piperidine rings is 2. The second-order valence-electron chi connectivity index (χ2n) is 14.4. The van der Waals surface area contributed by atoms with Gasteiger partial charge in [-0.3, -0.25) is 14.6 Å². The summed E-state index contributed by atoms with van der Waals surface area (Å²) in [5, 5.41) is 11.6. The number of nitrogens with zero attached hydrogens (tertiary/aromatic N) is 2. The first-order valence-corrected chi connectivity index (χ1v) is 16.0. The van der Waals surface area contributed by atoms with Gasteiger partial charge in [0.2, 0.25) is 0 Å². The predicted molar refractivity (Wildman–Crippen MR) is 172 cm³/mol. The molecule has 0 unspecified atom stereocenters. The number of likely N-dealkylation sites (N-methyl/N-ethyl adjacent to an activating group) is 2. The number of benzene rings is 2. The van der Waals surface area contributed by atoms with E-state index in [1.165, 1.54) is 52.6 Å². The van der Waals surface area contributed by atoms with E-state index in [-0.39, 0.29) is 30.8 Å². The number of ketones is 1. The summed E-state index contributed by atoms with van der Waals surface area (Å²) in [6.07, 6.45) is 11.5. The van der Waals surface area contributed by atoms with Crippen LogP contribution in [0.5, 0.6) is 11.5 Å². The Hall–Kier alpha value is -3.19. The second kappa shape index (κ2) is 8.96. The molecule has 4 aliphatic heterocycles. The van der Waals surface area contributed by atoms with Crippen molar-refractivity contribution in [2.24, 2.45) is 0 Å². The number of rotatable bonds is 0. The summed E-state index contributed by atoms with van der Waals surface area (Å²) in [5.74, 6) is 2.00. The van der Waals surface area contributed by atoms with Crippen molar-refractivity contribution in [2.45, 2.75) is 94.6 Å². The molecule has 7 atom stereocenters. The van der Waals surface area contributed by atoms with Crippen LogP contribution in [-0.4, -0.2) is 77.8 Å². The van der Waals surface area contributed by atoms with Gasteiger partial charge >= 0.3 is 0 Å². The predicted octanol–water partition coefficient (Wildman–Crippen LogP) is 4.90. The van der Waals surface area contributed by atoms with Gasteiger partial charge in [-0.15, -0.1) is 0 Å². The molecule has 8 aliphatic rings. The van der Waals surface area contributed by atoms with Crippen LogP contribution in [0.3, 0.4) is 0 Å². The molecule has 2 aromatic rings. The zero-order chi connectivity index (χ0) is 29.6. The van der Waals surface area contributed by atoms with Gasteiger partial charge in [-0.2, -0.15) is 0 Å². The maximum absolute atomic E-state index is 12.5. The first kappa shape index (κ1) is 28.3. The molecule has 10 rings (SSSR count). The number of carbonyl (C=O) groups excluding carboxylic acids is 1. The maximum Gasteiger partial charge on any atom is 0.196 e. The van der Waals surface area contributed by atoms with Crippen LogP contribution in [-0.2, 0) is 28.5 Å². The van der Waals surface area contributed by atoms with Crippen LogP contribution in [0.2, 0.25) is 0 Å². The Morgan fingerprint density at radius 1 is 0.841 bits per heavy atom. The average molecular weight is 593 g/mol. The summed E-state index contributed by atoms with van der Waals surface area (Å²) in [7, 11) is 4.33. The molecule has 4 bridgehead atoms. The number of aliphatic hydroxyl groups is 1. The van der Waals surface area contributed by atoms with Crippen LogP contribution in [0.25, 0.3) is 0 Å². The van der Waals surface area contributed by atoms with Crippen molar-refractivity contribution in [1.82, 2.24) is 9.80 Å². The molecule has 2 aromatic carbocycles. The van der Waals surface area contributed by atoms with E-state index in [0.29, 0.717) is 6.04 Å². The third-order valence-electron chi connectivity index (χ3n) is 12.5. The fourth-order valence-electron chi connectivity index (χ4n) is 10.4. The fourth-order valence-corrected chi connectivity index (χ4v) is 10.4. The van der Waals surface area contributed by atoms with Crippen LogP contribution >= 0.6 is 0 Å². The molecule has 4 heterocycles. The van der Waals surface area contributed by atoms with Crippen LogP contribution in [0.15, 0.2) is 59.7 Å². The van der Waals surface area contributed by atoms with Crippen molar-refractivity contribution in [2.75, 3.05) is 27.2 Å². The zero-order valence-electron chi connectivity index (χ0n) is 25.7. The monoisotopic (exact) mass is 592 g/mol. The number of carbonyl (C=O) groups is 1. The molecule has 2 spiro atoms. The summed E-state index contributed by atoms with van der Waals surface area (Å²) >= 11 is 0. The standard InChI is InChI=1S/C19H21NO.C18H19NO3.CH4/c1-11-4-6-13-10-15-14-7-5-12(2)18-19(14,8-9-20(15)3)16(13)17(11)21-18;1-10-3-4-11-9-13-18(21)6-5-12(20)16-17(18,7-8-19(13)2)14(11)15(10)22-16;/h4-7,15,18H,8-10H2,1-3H3;3-6,13,16,21H,7-9H2,1-2H3;1H4/t15-,18+,19+;13-,16+,17+,18-;/m11./s1. The Labute approximate surface area is 261 Å². The number of hydrogen-bond donors (Lipinski definition) is 1. The third-order valence-corrected chi connectivity index (χ3v) is 12.5. The first-order chi connectivity index (χ1) is 20.6. The molecular weight excluding hydrogens is 548 g/mol. The Bertz CT molecular complexity index is 1740. The minimum Gasteiger partial charge on any atom is -0.484 e. The normalized spacial score (nSPS) is 37.7. The molecular formula is C38H44N2O4. The summed E-state index contributed by atoms with van der Waals surface area (Å²) in [6.45, 7) is 8.48. The molecule has 230 valence electrons. The highest BCUT2D eigenvalue weighted by Gasteiger charge is 2.71. The van der Waals surface area contributed by atoms with Gasteiger partial charge in [0.25, 0.3) is 0 Å². The summed E-state index contributed by atoms with van der Waals surface area (Å²) < 4.78 is 12.7. The van der Waals surface area contributed by atoms with Crippen molar-refractivity contribution in [1.29, 1.82) is 0 Å². The molecule has 4 aliphatic carbocycles. The van der Waals surface area contributed by atoms with E-state index in [2.05, 4.69) is 74.2 Å². The summed E-state index contributed by atoms with van der Waals surface area (Å²) in [6, 6.07) is 9.36. The number of hydrogen-bond acceptors (Lipinski definition) is 6. The SMILES string of the molecule is C.CC1=CC=C2[C@H]3Cc4ccc(C)c5c4[C@@]2(CCN3C)[C@H]1O5.Cc1ccc2c3c1O[C@H]1C(=O)C=C[C@@]4(O)[C@@H](C2)N(C)CC[C@]314. The Balaban J connectivity index is 0.000000129. The maximum atomic E-state index is 12.5. The van der Waals surface area contributed by atoms with Crippen LogP contribution in [0.4, 0.5) is 0 Å². The average Bonchev–Trinajstić information content (AvgIpc) is 3.54. The quantitative estimate of drug-likeness (QED) is 0.470. The zero-order valence-corrected chi connectivity index (χ0v) is 25.7. The lowest BCUT2D eigenvalue weighted by Crippen LogP contribution is -2.74. The molecule has 2 saturated heterocycles. The Morgan fingerprint density at radius 2 is 1.50 bits per heavy atom. The Morgan fingerprint density at radius 3 is 2.25 bits per heavy atom. The molecule has 0 aromatic heterocycles. The van der Waals surface area contributed by atoms with E-state index < -0.39 is 17.1 Å². The lowest BCUT2D eigenvalue weighted by atomic mass is 9.51. The first-order valence-electron chi connectivity index (χ1n) is 16.0. The van der Waals surface area contributed by atoms with E-state index in [1.54, 1.807) is 11.6 Å². The van der Waals surface area contributed by atoms with Gasteiger partial charge in [-0.05, 0) is 119 Å². The number of ether oxygens (including phenoxy) is 2. The Kier molecular flexibility index (Phi) is 5.76. The third kappa shape index (κ3) is 3.05. The molecule has 6 nitrogen and oxygen atoms in total. The van der Waals surface area contributed by atoms with Crippen LogP contribution in [0, 0.1) is 13.8 Å². The fraction of sp³-hybridized carbons (Fsp3) is 0.500. The second-order valence-corrected chi connectivity index (χ2v) is 14.4. The molecule has 6 heteroatoms. The highest BCUT2D eigenvalue weighted by atomic mass is 16.5. The largest absolute Gasteiger partial charge is 0.484 e. The van der Waals surface area contributed by atoms with Gasteiger partial charge in [-0.25, -0.2) is 0 Å². The van der Waals surface area contributed by atoms with Gasteiger partial charge in [0.1, 0.15) is 23.2 Å². The van der Waals surface area contributed by atoms with E-state index >= 15 is 0 Å². The van der Waals surface area contributed by atoms with Crippen LogP contribution in [0.1, 0.15) is 60.6 Å². The number of aryl methyl sites for hydroxylation is 2. The smallest absolute Gasteiger partial charge is 0.196 e. The molecule has 44 heavy (non-hydrogen) atoms.